The van der Waals surface area contributed by atoms with Gasteiger partial charge in [0.15, 0.2) is 0 Å². The molecule has 1 amide bonds. The minimum atomic E-state index is -0.727. The van der Waals surface area contributed by atoms with Gasteiger partial charge in [0.2, 0.25) is 5.91 Å². The summed E-state index contributed by atoms with van der Waals surface area (Å²) in [6, 6.07) is 16.5. The molecule has 1 N–H and O–H groups in total. The third kappa shape index (κ3) is 4.46. The Morgan fingerprint density at radius 1 is 1.12 bits per heavy atom. The molecule has 2 aromatic rings. The zero-order valence-corrected chi connectivity index (χ0v) is 14.2. The lowest BCUT2D eigenvalue weighted by Crippen LogP contribution is -2.38. The molecule has 0 aromatic heterocycles. The van der Waals surface area contributed by atoms with Gasteiger partial charge in [-0.3, -0.25) is 4.79 Å². The first-order valence-electron chi connectivity index (χ1n) is 7.85. The molecule has 4 heteroatoms. The number of amides is 1. The van der Waals surface area contributed by atoms with Crippen LogP contribution in [0.3, 0.4) is 0 Å². The van der Waals surface area contributed by atoms with Crippen molar-refractivity contribution in [3.8, 4) is 5.75 Å². The summed E-state index contributed by atoms with van der Waals surface area (Å²) in [6.45, 7) is 1.83. The van der Waals surface area contributed by atoms with Crippen LogP contribution in [0.15, 0.2) is 60.7 Å². The van der Waals surface area contributed by atoms with Crippen molar-refractivity contribution in [2.45, 2.75) is 19.1 Å². The van der Waals surface area contributed by atoms with Gasteiger partial charge in [-0.2, -0.15) is 0 Å². The standard InChI is InChI=1S/C20H23NO3/c1-15(20(23)17-7-5-4-6-8-17)21(2)19(22)14-11-16-9-12-18(24-3)13-10-16/h4-15,20,23H,1-3H3/b14-11+. The molecule has 0 aliphatic rings. The van der Waals surface area contributed by atoms with Crippen LogP contribution >= 0.6 is 0 Å². The minimum absolute atomic E-state index is 0.159. The van der Waals surface area contributed by atoms with Crippen LogP contribution in [0, 0.1) is 0 Å². The highest BCUT2D eigenvalue weighted by molar-refractivity contribution is 5.91. The second-order valence-electron chi connectivity index (χ2n) is 5.65. The van der Waals surface area contributed by atoms with Crippen molar-refractivity contribution in [2.24, 2.45) is 0 Å². The van der Waals surface area contributed by atoms with Crippen LogP contribution in [0.4, 0.5) is 0 Å². The highest BCUT2D eigenvalue weighted by atomic mass is 16.5. The average Bonchev–Trinajstić information content (AvgIpc) is 2.65. The van der Waals surface area contributed by atoms with E-state index in [1.807, 2.05) is 61.5 Å². The molecule has 0 fully saturated rings. The molecular weight excluding hydrogens is 302 g/mol. The molecule has 0 aliphatic carbocycles. The predicted octanol–water partition coefficient (Wildman–Crippen LogP) is 3.29. The van der Waals surface area contributed by atoms with E-state index < -0.39 is 6.10 Å². The maximum Gasteiger partial charge on any atom is 0.246 e. The molecule has 0 bridgehead atoms. The third-order valence-electron chi connectivity index (χ3n) is 4.09. The van der Waals surface area contributed by atoms with Crippen LogP contribution in [0.25, 0.3) is 6.08 Å². The second-order valence-corrected chi connectivity index (χ2v) is 5.65. The van der Waals surface area contributed by atoms with Crippen molar-refractivity contribution >= 4 is 12.0 Å². The number of methoxy groups -OCH3 is 1. The van der Waals surface area contributed by atoms with Crippen molar-refractivity contribution < 1.29 is 14.6 Å². The second kappa shape index (κ2) is 8.31. The number of nitrogens with zero attached hydrogens (tertiary/aromatic N) is 1. The van der Waals surface area contributed by atoms with Gasteiger partial charge in [-0.05, 0) is 36.3 Å². The molecule has 24 heavy (non-hydrogen) atoms. The Hall–Kier alpha value is -2.59. The maximum absolute atomic E-state index is 12.3. The quantitative estimate of drug-likeness (QED) is 0.829. The summed E-state index contributed by atoms with van der Waals surface area (Å²) in [5.41, 5.74) is 1.71. The topological polar surface area (TPSA) is 49.8 Å². The zero-order valence-electron chi connectivity index (χ0n) is 14.2. The van der Waals surface area contributed by atoms with Gasteiger partial charge >= 0.3 is 0 Å². The highest BCUT2D eigenvalue weighted by Crippen LogP contribution is 2.20. The Morgan fingerprint density at radius 3 is 2.33 bits per heavy atom. The molecule has 2 atom stereocenters. The van der Waals surface area contributed by atoms with Gasteiger partial charge in [-0.1, -0.05) is 42.5 Å². The van der Waals surface area contributed by atoms with E-state index in [0.717, 1.165) is 16.9 Å². The summed E-state index contributed by atoms with van der Waals surface area (Å²) < 4.78 is 5.11. The molecule has 0 radical (unpaired) electrons. The van der Waals surface area contributed by atoms with Gasteiger partial charge in [0.1, 0.15) is 5.75 Å². The van der Waals surface area contributed by atoms with Crippen molar-refractivity contribution in [3.63, 3.8) is 0 Å². The number of aliphatic hydroxyl groups excluding tert-OH is 1. The van der Waals surface area contributed by atoms with Crippen LogP contribution in [0.1, 0.15) is 24.2 Å². The van der Waals surface area contributed by atoms with Crippen LogP contribution in [0.2, 0.25) is 0 Å². The number of benzene rings is 2. The normalized spacial score (nSPS) is 13.5. The molecule has 0 aliphatic heterocycles. The van der Waals surface area contributed by atoms with Gasteiger partial charge in [0, 0.05) is 13.1 Å². The molecule has 0 saturated carbocycles. The van der Waals surface area contributed by atoms with E-state index in [9.17, 15) is 9.90 Å². The van der Waals surface area contributed by atoms with E-state index in [4.69, 9.17) is 4.74 Å². The lowest BCUT2D eigenvalue weighted by atomic mass is 10.0. The Kier molecular flexibility index (Phi) is 6.15. The van der Waals surface area contributed by atoms with Crippen LogP contribution in [-0.4, -0.2) is 36.1 Å². The zero-order chi connectivity index (χ0) is 17.5. The number of likely N-dealkylation sites (N-methyl/N-ethyl adjacent to an activating group) is 1. The molecule has 2 aromatic carbocycles. The molecule has 0 saturated heterocycles. The molecule has 4 nitrogen and oxygen atoms in total. The molecule has 2 rings (SSSR count). The fourth-order valence-corrected chi connectivity index (χ4v) is 2.34. The highest BCUT2D eigenvalue weighted by Gasteiger charge is 2.22. The molecule has 126 valence electrons. The fourth-order valence-electron chi connectivity index (χ4n) is 2.34. The fraction of sp³-hybridized carbons (Fsp3) is 0.250. The molecule has 0 heterocycles. The van der Waals surface area contributed by atoms with Gasteiger partial charge in [0.05, 0.1) is 19.3 Å². The first-order valence-corrected chi connectivity index (χ1v) is 7.85. The summed E-state index contributed by atoms with van der Waals surface area (Å²) in [5, 5.41) is 10.4. The van der Waals surface area contributed by atoms with Gasteiger partial charge in [-0.15, -0.1) is 0 Å². The van der Waals surface area contributed by atoms with Crippen LogP contribution < -0.4 is 4.74 Å². The Morgan fingerprint density at radius 2 is 1.75 bits per heavy atom. The lowest BCUT2D eigenvalue weighted by molar-refractivity contribution is -0.128. The first kappa shape index (κ1) is 17.8. The smallest absolute Gasteiger partial charge is 0.246 e. The number of hydrogen-bond acceptors (Lipinski definition) is 3. The van der Waals surface area contributed by atoms with Crippen molar-refractivity contribution in [1.82, 2.24) is 4.90 Å². The molecule has 0 spiro atoms. The van der Waals surface area contributed by atoms with E-state index >= 15 is 0 Å². The first-order chi connectivity index (χ1) is 11.5. The van der Waals surface area contributed by atoms with Crippen LogP contribution in [-0.2, 0) is 4.79 Å². The van der Waals surface area contributed by atoms with E-state index in [-0.39, 0.29) is 11.9 Å². The summed E-state index contributed by atoms with van der Waals surface area (Å²) in [7, 11) is 3.31. The number of ether oxygens (including phenoxy) is 1. The Balaban J connectivity index is 2.01. The predicted molar refractivity (Wildman–Crippen MR) is 95.7 cm³/mol. The maximum atomic E-state index is 12.3. The monoisotopic (exact) mass is 325 g/mol. The number of rotatable bonds is 6. The van der Waals surface area contributed by atoms with Gasteiger partial charge in [0.25, 0.3) is 0 Å². The lowest BCUT2D eigenvalue weighted by Gasteiger charge is -2.28. The van der Waals surface area contributed by atoms with Gasteiger partial charge < -0.3 is 14.7 Å². The number of hydrogen-bond donors (Lipinski definition) is 1. The number of carbonyl (C=O) groups excluding carboxylic acids is 1. The van der Waals surface area contributed by atoms with Crippen molar-refractivity contribution in [3.05, 3.63) is 71.8 Å². The SMILES string of the molecule is COc1ccc(/C=C/C(=O)N(C)C(C)C(O)c2ccccc2)cc1. The number of aliphatic hydroxyl groups is 1. The van der Waals surface area contributed by atoms with E-state index in [1.165, 1.54) is 11.0 Å². The summed E-state index contributed by atoms with van der Waals surface area (Å²) in [4.78, 5) is 13.9. The average molecular weight is 325 g/mol. The minimum Gasteiger partial charge on any atom is -0.497 e. The Labute approximate surface area is 143 Å². The third-order valence-corrected chi connectivity index (χ3v) is 4.09. The van der Waals surface area contributed by atoms with Gasteiger partial charge in [-0.25, -0.2) is 0 Å². The van der Waals surface area contributed by atoms with E-state index in [1.54, 1.807) is 20.2 Å². The van der Waals surface area contributed by atoms with E-state index in [2.05, 4.69) is 0 Å². The largest absolute Gasteiger partial charge is 0.497 e. The number of carbonyl (C=O) groups is 1. The molecular formula is C20H23NO3. The van der Waals surface area contributed by atoms with E-state index in [0.29, 0.717) is 0 Å². The van der Waals surface area contributed by atoms with Crippen molar-refractivity contribution in [1.29, 1.82) is 0 Å². The van der Waals surface area contributed by atoms with Crippen molar-refractivity contribution in [2.75, 3.05) is 14.2 Å². The van der Waals surface area contributed by atoms with Crippen LogP contribution in [0.5, 0.6) is 5.75 Å². The summed E-state index contributed by atoms with van der Waals surface area (Å²) in [6.07, 6.45) is 2.53. The Bertz CT molecular complexity index is 680. The summed E-state index contributed by atoms with van der Waals surface area (Å²) >= 11 is 0. The molecule has 2 unspecified atom stereocenters. The summed E-state index contributed by atoms with van der Waals surface area (Å²) in [5.74, 6) is 0.614.